The van der Waals surface area contributed by atoms with E-state index in [4.69, 9.17) is 0 Å². The van der Waals surface area contributed by atoms with E-state index >= 15 is 0 Å². The van der Waals surface area contributed by atoms with E-state index in [1.54, 1.807) is 16.7 Å². The molecule has 0 bridgehead atoms. The van der Waals surface area contributed by atoms with Gasteiger partial charge >= 0.3 is 0 Å². The minimum atomic E-state index is 0.177. The van der Waals surface area contributed by atoms with Crippen LogP contribution in [0.2, 0.25) is 0 Å². The Morgan fingerprint density at radius 3 is 2.33 bits per heavy atom. The zero-order chi connectivity index (χ0) is 15.1. The monoisotopic (exact) mass is 299 g/mol. The summed E-state index contributed by atoms with van der Waals surface area (Å²) in [5.74, 6) is 1.58. The van der Waals surface area contributed by atoms with Crippen molar-refractivity contribution in [2.24, 2.45) is 0 Å². The van der Waals surface area contributed by atoms with E-state index < -0.39 is 0 Å². The Morgan fingerprint density at radius 2 is 1.67 bits per heavy atom. The van der Waals surface area contributed by atoms with Crippen molar-refractivity contribution in [1.29, 1.82) is 0 Å². The van der Waals surface area contributed by atoms with Crippen LogP contribution >= 0.6 is 11.8 Å². The standard InChI is InChI=1S/C18H21NOS/c1-15-8-10-16(11-9-15)12-19(2)18(20)14-21-13-17-6-4-3-5-7-17/h3-11H,12-14H2,1-2H3. The van der Waals surface area contributed by atoms with Crippen LogP contribution in [0.4, 0.5) is 0 Å². The van der Waals surface area contributed by atoms with Crippen molar-refractivity contribution < 1.29 is 4.79 Å². The summed E-state index contributed by atoms with van der Waals surface area (Å²) in [4.78, 5) is 13.9. The number of rotatable bonds is 6. The number of carbonyl (C=O) groups excluding carboxylic acids is 1. The summed E-state index contributed by atoms with van der Waals surface area (Å²) in [6, 6.07) is 18.6. The minimum absolute atomic E-state index is 0.177. The van der Waals surface area contributed by atoms with Crippen molar-refractivity contribution in [1.82, 2.24) is 4.90 Å². The van der Waals surface area contributed by atoms with Crippen molar-refractivity contribution in [3.8, 4) is 0 Å². The summed E-state index contributed by atoms with van der Waals surface area (Å²) in [6.07, 6.45) is 0. The van der Waals surface area contributed by atoms with Crippen molar-refractivity contribution >= 4 is 17.7 Å². The molecule has 2 aromatic carbocycles. The molecule has 2 aromatic rings. The summed E-state index contributed by atoms with van der Waals surface area (Å²) < 4.78 is 0. The summed E-state index contributed by atoms with van der Waals surface area (Å²) >= 11 is 1.66. The van der Waals surface area contributed by atoms with Gasteiger partial charge in [-0.3, -0.25) is 4.79 Å². The zero-order valence-electron chi connectivity index (χ0n) is 12.6. The van der Waals surface area contributed by atoms with Gasteiger partial charge in [0, 0.05) is 19.3 Å². The first-order valence-corrected chi connectivity index (χ1v) is 8.22. The van der Waals surface area contributed by atoms with Gasteiger partial charge in [0.05, 0.1) is 5.75 Å². The van der Waals surface area contributed by atoms with Gasteiger partial charge in [0.2, 0.25) is 5.91 Å². The van der Waals surface area contributed by atoms with Gasteiger partial charge in [-0.1, -0.05) is 60.2 Å². The Hall–Kier alpha value is -1.74. The molecule has 0 heterocycles. The van der Waals surface area contributed by atoms with E-state index in [1.807, 2.05) is 25.2 Å². The van der Waals surface area contributed by atoms with Crippen molar-refractivity contribution in [3.05, 3.63) is 71.3 Å². The fourth-order valence-electron chi connectivity index (χ4n) is 2.00. The molecule has 0 aliphatic heterocycles. The Balaban J connectivity index is 1.76. The van der Waals surface area contributed by atoms with Crippen LogP contribution in [0, 0.1) is 6.92 Å². The molecular weight excluding hydrogens is 278 g/mol. The fraction of sp³-hybridized carbons (Fsp3) is 0.278. The molecule has 1 amide bonds. The summed E-state index contributed by atoms with van der Waals surface area (Å²) in [6.45, 7) is 2.74. The molecule has 0 saturated heterocycles. The highest BCUT2D eigenvalue weighted by Crippen LogP contribution is 2.13. The van der Waals surface area contributed by atoms with Crippen molar-refractivity contribution in [2.45, 2.75) is 19.2 Å². The molecule has 0 spiro atoms. The lowest BCUT2D eigenvalue weighted by atomic mass is 10.1. The van der Waals surface area contributed by atoms with Crippen LogP contribution in [0.25, 0.3) is 0 Å². The largest absolute Gasteiger partial charge is 0.341 e. The fourth-order valence-corrected chi connectivity index (χ4v) is 2.92. The van der Waals surface area contributed by atoms with E-state index in [0.29, 0.717) is 12.3 Å². The molecule has 0 N–H and O–H groups in total. The highest BCUT2D eigenvalue weighted by atomic mass is 32.2. The lowest BCUT2D eigenvalue weighted by Gasteiger charge is -2.17. The van der Waals surface area contributed by atoms with Crippen LogP contribution in [0.15, 0.2) is 54.6 Å². The molecule has 0 unspecified atom stereocenters. The number of hydrogen-bond acceptors (Lipinski definition) is 2. The first-order chi connectivity index (χ1) is 10.1. The van der Waals surface area contributed by atoms with E-state index in [2.05, 4.69) is 43.3 Å². The van der Waals surface area contributed by atoms with Gasteiger partial charge in [-0.05, 0) is 18.1 Å². The number of nitrogens with zero attached hydrogens (tertiary/aromatic N) is 1. The van der Waals surface area contributed by atoms with Gasteiger partial charge < -0.3 is 4.90 Å². The van der Waals surface area contributed by atoms with Gasteiger partial charge in [-0.25, -0.2) is 0 Å². The number of thioether (sulfide) groups is 1. The molecule has 110 valence electrons. The number of carbonyl (C=O) groups is 1. The maximum Gasteiger partial charge on any atom is 0.232 e. The molecule has 0 fully saturated rings. The average molecular weight is 299 g/mol. The highest BCUT2D eigenvalue weighted by molar-refractivity contribution is 7.99. The van der Waals surface area contributed by atoms with E-state index in [1.165, 1.54) is 16.7 Å². The second-order valence-electron chi connectivity index (χ2n) is 5.21. The SMILES string of the molecule is Cc1ccc(CN(C)C(=O)CSCc2ccccc2)cc1. The van der Waals surface area contributed by atoms with Crippen LogP contribution in [0.5, 0.6) is 0 Å². The Morgan fingerprint density at radius 1 is 1.00 bits per heavy atom. The molecule has 0 aromatic heterocycles. The quantitative estimate of drug-likeness (QED) is 0.806. The van der Waals surface area contributed by atoms with E-state index in [9.17, 15) is 4.79 Å². The normalized spacial score (nSPS) is 10.4. The lowest BCUT2D eigenvalue weighted by molar-refractivity contribution is -0.127. The molecule has 2 nitrogen and oxygen atoms in total. The second-order valence-corrected chi connectivity index (χ2v) is 6.20. The number of amides is 1. The van der Waals surface area contributed by atoms with E-state index in [-0.39, 0.29) is 5.91 Å². The minimum Gasteiger partial charge on any atom is -0.341 e. The topological polar surface area (TPSA) is 20.3 Å². The lowest BCUT2D eigenvalue weighted by Crippen LogP contribution is -2.27. The maximum absolute atomic E-state index is 12.1. The van der Waals surface area contributed by atoms with Gasteiger partial charge in [0.1, 0.15) is 0 Å². The Labute approximate surface area is 131 Å². The highest BCUT2D eigenvalue weighted by Gasteiger charge is 2.09. The summed E-state index contributed by atoms with van der Waals surface area (Å²) in [7, 11) is 1.87. The predicted molar refractivity (Wildman–Crippen MR) is 90.3 cm³/mol. The molecule has 0 atom stereocenters. The average Bonchev–Trinajstić information content (AvgIpc) is 2.50. The van der Waals surface area contributed by atoms with Crippen LogP contribution in [-0.2, 0) is 17.1 Å². The van der Waals surface area contributed by atoms with Gasteiger partial charge in [0.25, 0.3) is 0 Å². The first-order valence-electron chi connectivity index (χ1n) is 7.06. The molecule has 0 saturated carbocycles. The Kier molecular flexibility index (Phi) is 5.88. The van der Waals surface area contributed by atoms with Crippen LogP contribution in [-0.4, -0.2) is 23.6 Å². The molecule has 0 aliphatic carbocycles. The molecule has 3 heteroatoms. The van der Waals surface area contributed by atoms with E-state index in [0.717, 1.165) is 5.75 Å². The van der Waals surface area contributed by atoms with Crippen LogP contribution < -0.4 is 0 Å². The third-order valence-electron chi connectivity index (χ3n) is 3.30. The molecule has 0 radical (unpaired) electrons. The second kappa shape index (κ2) is 7.89. The molecular formula is C18H21NOS. The van der Waals surface area contributed by atoms with Gasteiger partial charge in [-0.2, -0.15) is 0 Å². The Bertz CT molecular complexity index is 566. The first kappa shape index (κ1) is 15.6. The molecule has 0 aliphatic rings. The van der Waals surface area contributed by atoms with Gasteiger partial charge in [0.15, 0.2) is 0 Å². The van der Waals surface area contributed by atoms with Crippen LogP contribution in [0.3, 0.4) is 0 Å². The number of hydrogen-bond donors (Lipinski definition) is 0. The summed E-state index contributed by atoms with van der Waals surface area (Å²) in [5.41, 5.74) is 3.67. The maximum atomic E-state index is 12.1. The molecule has 2 rings (SSSR count). The predicted octanol–water partition coefficient (Wildman–Crippen LogP) is 3.89. The zero-order valence-corrected chi connectivity index (χ0v) is 13.4. The number of aryl methyl sites for hydroxylation is 1. The smallest absolute Gasteiger partial charge is 0.232 e. The third-order valence-corrected chi connectivity index (χ3v) is 4.29. The van der Waals surface area contributed by atoms with Crippen LogP contribution in [0.1, 0.15) is 16.7 Å². The van der Waals surface area contributed by atoms with Crippen molar-refractivity contribution in [3.63, 3.8) is 0 Å². The number of benzene rings is 2. The third kappa shape index (κ3) is 5.27. The van der Waals surface area contributed by atoms with Gasteiger partial charge in [-0.15, -0.1) is 11.8 Å². The molecule has 21 heavy (non-hydrogen) atoms. The van der Waals surface area contributed by atoms with Crippen molar-refractivity contribution in [2.75, 3.05) is 12.8 Å². The summed E-state index contributed by atoms with van der Waals surface area (Å²) in [5, 5.41) is 0.